The molecule has 1 saturated carbocycles. The van der Waals surface area contributed by atoms with Crippen molar-refractivity contribution in [1.82, 2.24) is 5.43 Å². The first-order valence-corrected chi connectivity index (χ1v) is 7.20. The van der Waals surface area contributed by atoms with Crippen LogP contribution < -0.4 is 11.3 Å². The van der Waals surface area contributed by atoms with E-state index in [4.69, 9.17) is 10.6 Å². The molecule has 1 aromatic heterocycles. The third kappa shape index (κ3) is 2.63. The second-order valence-corrected chi connectivity index (χ2v) is 5.89. The highest BCUT2D eigenvalue weighted by molar-refractivity contribution is 7.21. The van der Waals surface area contributed by atoms with E-state index in [1.807, 2.05) is 24.3 Å². The van der Waals surface area contributed by atoms with Crippen molar-refractivity contribution in [3.8, 4) is 0 Å². The van der Waals surface area contributed by atoms with Crippen LogP contribution in [0.5, 0.6) is 0 Å². The lowest BCUT2D eigenvalue weighted by Gasteiger charge is -2.05. The van der Waals surface area contributed by atoms with Gasteiger partial charge in [-0.05, 0) is 30.2 Å². The molecule has 0 aliphatic heterocycles. The fourth-order valence-corrected chi connectivity index (χ4v) is 3.21. The molecule has 1 aliphatic rings. The Bertz CT molecular complexity index is 605. The highest BCUT2D eigenvalue weighted by Crippen LogP contribution is 2.33. The van der Waals surface area contributed by atoms with Crippen molar-refractivity contribution >= 4 is 27.3 Å². The molecule has 4 nitrogen and oxygen atoms in total. The number of rotatable bonds is 5. The number of amides is 1. The van der Waals surface area contributed by atoms with Gasteiger partial charge in [0.2, 0.25) is 0 Å². The van der Waals surface area contributed by atoms with Crippen LogP contribution in [0.1, 0.15) is 28.1 Å². The molecular formula is C14H16N2O2S. The van der Waals surface area contributed by atoms with Gasteiger partial charge < -0.3 is 4.74 Å². The number of hydrogen-bond acceptors (Lipinski definition) is 4. The Balaban J connectivity index is 1.90. The van der Waals surface area contributed by atoms with Gasteiger partial charge in [0.1, 0.15) is 0 Å². The van der Waals surface area contributed by atoms with E-state index in [0.717, 1.165) is 28.2 Å². The van der Waals surface area contributed by atoms with Crippen molar-refractivity contribution in [2.75, 3.05) is 6.61 Å². The summed E-state index contributed by atoms with van der Waals surface area (Å²) in [5.41, 5.74) is 3.16. The molecule has 1 amide bonds. The normalized spacial score (nSPS) is 14.8. The van der Waals surface area contributed by atoms with Gasteiger partial charge in [0.15, 0.2) is 0 Å². The van der Waals surface area contributed by atoms with Crippen LogP contribution in [0.25, 0.3) is 10.1 Å². The topological polar surface area (TPSA) is 64.3 Å². The Morgan fingerprint density at radius 1 is 1.42 bits per heavy atom. The number of hydrazine groups is 1. The number of nitrogen functional groups attached to an aromatic ring is 1. The summed E-state index contributed by atoms with van der Waals surface area (Å²) in [5, 5.41) is 1.09. The monoisotopic (exact) mass is 276 g/mol. The zero-order valence-corrected chi connectivity index (χ0v) is 11.3. The maximum absolute atomic E-state index is 11.8. The molecule has 1 heterocycles. The van der Waals surface area contributed by atoms with Crippen LogP contribution in [0.15, 0.2) is 24.3 Å². The molecule has 0 radical (unpaired) electrons. The minimum absolute atomic E-state index is 0.244. The predicted molar refractivity (Wildman–Crippen MR) is 75.9 cm³/mol. The Morgan fingerprint density at radius 2 is 2.21 bits per heavy atom. The first-order chi connectivity index (χ1) is 9.29. The minimum Gasteiger partial charge on any atom is -0.376 e. The lowest BCUT2D eigenvalue weighted by molar-refractivity contribution is 0.0940. The van der Waals surface area contributed by atoms with Crippen molar-refractivity contribution in [1.29, 1.82) is 0 Å². The van der Waals surface area contributed by atoms with Crippen LogP contribution in [0.2, 0.25) is 0 Å². The van der Waals surface area contributed by atoms with Crippen LogP contribution >= 0.6 is 11.3 Å². The van der Waals surface area contributed by atoms with E-state index in [9.17, 15) is 4.79 Å². The number of carbonyl (C=O) groups is 1. The third-order valence-electron chi connectivity index (χ3n) is 3.33. The number of nitrogens with one attached hydrogen (secondary N) is 1. The molecule has 1 aliphatic carbocycles. The number of benzene rings is 1. The fourth-order valence-electron chi connectivity index (χ4n) is 2.10. The minimum atomic E-state index is -0.244. The summed E-state index contributed by atoms with van der Waals surface area (Å²) in [4.78, 5) is 12.5. The zero-order chi connectivity index (χ0) is 13.2. The molecule has 0 atom stereocenters. The Labute approximate surface area is 115 Å². The number of carbonyl (C=O) groups excluding carboxylic acids is 1. The van der Waals surface area contributed by atoms with E-state index in [1.54, 1.807) is 0 Å². The van der Waals surface area contributed by atoms with Crippen LogP contribution in [-0.4, -0.2) is 12.5 Å². The number of nitrogens with two attached hydrogens (primary N) is 1. The average Bonchev–Trinajstić information content (AvgIpc) is 3.19. The van der Waals surface area contributed by atoms with E-state index in [1.165, 1.54) is 24.2 Å². The van der Waals surface area contributed by atoms with Crippen molar-refractivity contribution in [3.05, 3.63) is 34.7 Å². The fraction of sp³-hybridized carbons (Fsp3) is 0.357. The van der Waals surface area contributed by atoms with Gasteiger partial charge in [-0.3, -0.25) is 10.2 Å². The van der Waals surface area contributed by atoms with Gasteiger partial charge in [0, 0.05) is 16.9 Å². The molecule has 0 unspecified atom stereocenters. The lowest BCUT2D eigenvalue weighted by atomic mass is 10.1. The molecule has 0 saturated heterocycles. The van der Waals surface area contributed by atoms with Crippen LogP contribution in [0.4, 0.5) is 0 Å². The van der Waals surface area contributed by atoms with Gasteiger partial charge >= 0.3 is 0 Å². The van der Waals surface area contributed by atoms with E-state index >= 15 is 0 Å². The average molecular weight is 276 g/mol. The first kappa shape index (κ1) is 12.6. The summed E-state index contributed by atoms with van der Waals surface area (Å²) in [7, 11) is 0. The Hall–Kier alpha value is -1.43. The van der Waals surface area contributed by atoms with E-state index in [0.29, 0.717) is 11.5 Å². The first-order valence-electron chi connectivity index (χ1n) is 6.38. The van der Waals surface area contributed by atoms with Gasteiger partial charge in [0.25, 0.3) is 5.91 Å². The molecule has 3 rings (SSSR count). The summed E-state index contributed by atoms with van der Waals surface area (Å²) >= 11 is 1.46. The SMILES string of the molecule is NNC(=O)c1sc2ccccc2c1COCC1CC1. The van der Waals surface area contributed by atoms with Crippen LogP contribution in [-0.2, 0) is 11.3 Å². The van der Waals surface area contributed by atoms with Gasteiger partial charge in [0.05, 0.1) is 11.5 Å². The second kappa shape index (κ2) is 5.28. The Morgan fingerprint density at radius 3 is 2.95 bits per heavy atom. The summed E-state index contributed by atoms with van der Waals surface area (Å²) in [5.74, 6) is 5.72. The predicted octanol–water partition coefficient (Wildman–Crippen LogP) is 2.43. The molecule has 1 aromatic carbocycles. The maximum Gasteiger partial charge on any atom is 0.275 e. The molecule has 0 bridgehead atoms. The summed E-state index contributed by atoms with van der Waals surface area (Å²) in [6.45, 7) is 1.26. The van der Waals surface area contributed by atoms with Gasteiger partial charge in [-0.25, -0.2) is 5.84 Å². The molecule has 100 valence electrons. The van der Waals surface area contributed by atoms with Crippen molar-refractivity contribution < 1.29 is 9.53 Å². The van der Waals surface area contributed by atoms with Crippen molar-refractivity contribution in [2.45, 2.75) is 19.4 Å². The van der Waals surface area contributed by atoms with Gasteiger partial charge in [-0.15, -0.1) is 11.3 Å². The second-order valence-electron chi connectivity index (χ2n) is 4.84. The Kier molecular flexibility index (Phi) is 3.50. The van der Waals surface area contributed by atoms with Crippen molar-refractivity contribution in [2.24, 2.45) is 11.8 Å². The summed E-state index contributed by atoms with van der Waals surface area (Å²) < 4.78 is 6.82. The summed E-state index contributed by atoms with van der Waals surface area (Å²) in [6, 6.07) is 7.98. The molecule has 19 heavy (non-hydrogen) atoms. The molecular weight excluding hydrogens is 260 g/mol. The number of hydrogen-bond donors (Lipinski definition) is 2. The van der Waals surface area contributed by atoms with Crippen LogP contribution in [0.3, 0.4) is 0 Å². The maximum atomic E-state index is 11.8. The van der Waals surface area contributed by atoms with E-state index < -0.39 is 0 Å². The number of ether oxygens (including phenoxy) is 1. The van der Waals surface area contributed by atoms with E-state index in [-0.39, 0.29) is 5.91 Å². The third-order valence-corrected chi connectivity index (χ3v) is 4.54. The highest BCUT2D eigenvalue weighted by atomic mass is 32.1. The molecule has 3 N–H and O–H groups in total. The quantitative estimate of drug-likeness (QED) is 0.501. The number of fused-ring (bicyclic) bond motifs is 1. The molecule has 1 fully saturated rings. The molecule has 2 aromatic rings. The largest absolute Gasteiger partial charge is 0.376 e. The van der Waals surface area contributed by atoms with Gasteiger partial charge in [-0.1, -0.05) is 18.2 Å². The zero-order valence-electron chi connectivity index (χ0n) is 10.5. The highest BCUT2D eigenvalue weighted by Gasteiger charge is 2.22. The smallest absolute Gasteiger partial charge is 0.275 e. The lowest BCUT2D eigenvalue weighted by Crippen LogP contribution is -2.30. The van der Waals surface area contributed by atoms with Crippen molar-refractivity contribution in [3.63, 3.8) is 0 Å². The molecule has 0 spiro atoms. The summed E-state index contributed by atoms with van der Waals surface area (Å²) in [6.07, 6.45) is 2.53. The number of thiophene rings is 1. The molecule has 5 heteroatoms. The van der Waals surface area contributed by atoms with E-state index in [2.05, 4.69) is 5.43 Å². The standard InChI is InChI=1S/C14H16N2O2S/c15-16-14(17)13-11(8-18-7-9-5-6-9)10-3-1-2-4-12(10)19-13/h1-4,9H,5-8,15H2,(H,16,17). The van der Waals surface area contributed by atoms with Crippen LogP contribution in [0, 0.1) is 5.92 Å². The van der Waals surface area contributed by atoms with Gasteiger partial charge in [-0.2, -0.15) is 0 Å².